The summed E-state index contributed by atoms with van der Waals surface area (Å²) >= 11 is 0. The number of hydrogen-bond acceptors (Lipinski definition) is 5. The van der Waals surface area contributed by atoms with Crippen molar-refractivity contribution in [2.75, 3.05) is 18.0 Å². The fourth-order valence-corrected chi connectivity index (χ4v) is 3.65. The lowest BCUT2D eigenvalue weighted by Crippen LogP contribution is -2.43. The van der Waals surface area contributed by atoms with Crippen LogP contribution in [0.25, 0.3) is 5.65 Å². The van der Waals surface area contributed by atoms with E-state index in [1.807, 2.05) is 47.0 Å². The Morgan fingerprint density at radius 3 is 2.79 bits per heavy atom. The van der Waals surface area contributed by atoms with E-state index in [9.17, 15) is 4.79 Å². The van der Waals surface area contributed by atoms with Crippen molar-refractivity contribution in [3.63, 3.8) is 0 Å². The number of carbonyl (C=O) groups is 1. The summed E-state index contributed by atoms with van der Waals surface area (Å²) in [5, 5.41) is 16.3. The Bertz CT molecular complexity index is 952. The van der Waals surface area contributed by atoms with Gasteiger partial charge in [0.25, 0.3) is 0 Å². The number of amides is 1. The Morgan fingerprint density at radius 2 is 2.00 bits per heavy atom. The summed E-state index contributed by atoms with van der Waals surface area (Å²) < 4.78 is 1.82. The highest BCUT2D eigenvalue weighted by Crippen LogP contribution is 2.23. The van der Waals surface area contributed by atoms with Crippen molar-refractivity contribution in [3.05, 3.63) is 53.9 Å². The summed E-state index contributed by atoms with van der Waals surface area (Å²) in [6, 6.07) is 13.9. The molecule has 1 atom stereocenters. The molecule has 1 saturated heterocycles. The normalized spacial score (nSPS) is 17.2. The predicted octanol–water partition coefficient (Wildman–Crippen LogP) is 2.78. The molecule has 1 aromatic carbocycles. The van der Waals surface area contributed by atoms with Gasteiger partial charge in [0.05, 0.1) is 5.92 Å². The van der Waals surface area contributed by atoms with Crippen LogP contribution in [0.2, 0.25) is 0 Å². The molecule has 4 rings (SSSR count). The molecule has 0 unspecified atom stereocenters. The number of rotatable bonds is 5. The maximum Gasteiger partial charge on any atom is 0.225 e. The first-order valence-corrected chi connectivity index (χ1v) is 9.91. The number of hydrogen-bond donors (Lipinski definition) is 1. The van der Waals surface area contributed by atoms with E-state index < -0.39 is 0 Å². The quantitative estimate of drug-likeness (QED) is 0.739. The van der Waals surface area contributed by atoms with E-state index in [-0.39, 0.29) is 17.7 Å². The Hall–Kier alpha value is -2.96. The first kappa shape index (κ1) is 18.4. The van der Waals surface area contributed by atoms with Crippen molar-refractivity contribution < 1.29 is 4.79 Å². The number of fused-ring (bicyclic) bond motifs is 1. The number of piperidine rings is 1. The lowest BCUT2D eigenvalue weighted by atomic mass is 9.97. The zero-order valence-electron chi connectivity index (χ0n) is 16.4. The number of aromatic nitrogens is 4. The summed E-state index contributed by atoms with van der Waals surface area (Å²) in [4.78, 5) is 14.9. The van der Waals surface area contributed by atoms with Gasteiger partial charge in [-0.3, -0.25) is 4.79 Å². The third-order valence-corrected chi connectivity index (χ3v) is 5.21. The van der Waals surface area contributed by atoms with Gasteiger partial charge < -0.3 is 10.2 Å². The molecule has 0 saturated carbocycles. The van der Waals surface area contributed by atoms with Gasteiger partial charge in [-0.25, -0.2) is 0 Å². The number of benzene rings is 1. The Balaban J connectivity index is 1.45. The minimum atomic E-state index is -0.0274. The molecular formula is C21H26N6O. The first-order valence-electron chi connectivity index (χ1n) is 9.91. The number of nitrogens with zero attached hydrogens (tertiary/aromatic N) is 5. The largest absolute Gasteiger partial charge is 0.354 e. The monoisotopic (exact) mass is 378 g/mol. The third kappa shape index (κ3) is 3.83. The van der Waals surface area contributed by atoms with Gasteiger partial charge in [0.15, 0.2) is 11.5 Å². The van der Waals surface area contributed by atoms with E-state index in [2.05, 4.69) is 34.3 Å². The van der Waals surface area contributed by atoms with Gasteiger partial charge in [-0.15, -0.1) is 15.3 Å². The van der Waals surface area contributed by atoms with Crippen molar-refractivity contribution in [1.29, 1.82) is 0 Å². The van der Waals surface area contributed by atoms with Crippen LogP contribution in [-0.4, -0.2) is 38.8 Å². The molecule has 146 valence electrons. The van der Waals surface area contributed by atoms with Crippen molar-refractivity contribution >= 4 is 17.4 Å². The topological polar surface area (TPSA) is 75.4 Å². The second-order valence-corrected chi connectivity index (χ2v) is 7.66. The Labute approximate surface area is 164 Å². The fourth-order valence-electron chi connectivity index (χ4n) is 3.65. The Kier molecular flexibility index (Phi) is 5.23. The summed E-state index contributed by atoms with van der Waals surface area (Å²) in [5.74, 6) is 2.05. The van der Waals surface area contributed by atoms with Crippen LogP contribution < -0.4 is 10.2 Å². The van der Waals surface area contributed by atoms with Gasteiger partial charge >= 0.3 is 0 Å². The zero-order chi connectivity index (χ0) is 19.5. The van der Waals surface area contributed by atoms with Crippen molar-refractivity contribution in [1.82, 2.24) is 25.1 Å². The highest BCUT2D eigenvalue weighted by Gasteiger charge is 2.27. The molecule has 1 aliphatic heterocycles. The molecule has 3 aromatic rings. The second kappa shape index (κ2) is 7.96. The fraction of sp³-hybridized carbons (Fsp3) is 0.429. The van der Waals surface area contributed by atoms with E-state index in [4.69, 9.17) is 5.10 Å². The van der Waals surface area contributed by atoms with Gasteiger partial charge in [-0.2, -0.15) is 4.52 Å². The standard InChI is InChI=1S/C21H26N6O/c1-15(2)20-24-23-18-10-11-19(25-27(18)20)26-12-6-9-17(14-26)21(28)22-13-16-7-4-3-5-8-16/h3-5,7-8,10-11,15,17H,6,9,12-14H2,1-2H3,(H,22,28)/t17-/m0/s1. The van der Waals surface area contributed by atoms with Crippen molar-refractivity contribution in [3.8, 4) is 0 Å². The SMILES string of the molecule is CC(C)c1nnc2ccc(N3CCC[C@H](C(=O)NCc4ccccc4)C3)nn12. The van der Waals surface area contributed by atoms with E-state index >= 15 is 0 Å². The van der Waals surface area contributed by atoms with Gasteiger partial charge in [0.2, 0.25) is 5.91 Å². The van der Waals surface area contributed by atoms with Crippen LogP contribution in [0.15, 0.2) is 42.5 Å². The molecule has 28 heavy (non-hydrogen) atoms. The van der Waals surface area contributed by atoms with Crippen LogP contribution in [-0.2, 0) is 11.3 Å². The van der Waals surface area contributed by atoms with Gasteiger partial charge in [-0.1, -0.05) is 44.2 Å². The molecular weight excluding hydrogens is 352 g/mol. The molecule has 0 bridgehead atoms. The smallest absolute Gasteiger partial charge is 0.225 e. The van der Waals surface area contributed by atoms with Crippen molar-refractivity contribution in [2.45, 2.75) is 39.2 Å². The van der Waals surface area contributed by atoms with Crippen molar-refractivity contribution in [2.24, 2.45) is 5.92 Å². The molecule has 7 nitrogen and oxygen atoms in total. The molecule has 0 spiro atoms. The third-order valence-electron chi connectivity index (χ3n) is 5.21. The van der Waals surface area contributed by atoms with Crippen LogP contribution >= 0.6 is 0 Å². The van der Waals surface area contributed by atoms with Gasteiger partial charge in [-0.05, 0) is 30.5 Å². The van der Waals surface area contributed by atoms with Crippen LogP contribution in [0.3, 0.4) is 0 Å². The molecule has 3 heterocycles. The molecule has 0 radical (unpaired) electrons. The van der Waals surface area contributed by atoms with E-state index in [1.165, 1.54) is 0 Å². The summed E-state index contributed by atoms with van der Waals surface area (Å²) in [5.41, 5.74) is 1.87. The van der Waals surface area contributed by atoms with Gasteiger partial charge in [0.1, 0.15) is 5.82 Å². The average Bonchev–Trinajstić information content (AvgIpc) is 3.16. The molecule has 2 aromatic heterocycles. The molecule has 0 aliphatic carbocycles. The molecule has 1 fully saturated rings. The number of anilines is 1. The van der Waals surface area contributed by atoms with Crippen LogP contribution in [0.4, 0.5) is 5.82 Å². The summed E-state index contributed by atoms with van der Waals surface area (Å²) in [7, 11) is 0. The van der Waals surface area contributed by atoms with Gasteiger partial charge in [0, 0.05) is 25.6 Å². The zero-order valence-corrected chi connectivity index (χ0v) is 16.4. The average molecular weight is 378 g/mol. The Morgan fingerprint density at radius 1 is 1.18 bits per heavy atom. The van der Waals surface area contributed by atoms with Crippen LogP contribution in [0.5, 0.6) is 0 Å². The summed E-state index contributed by atoms with van der Waals surface area (Å²) in [6.07, 6.45) is 1.88. The van der Waals surface area contributed by atoms with E-state index in [0.29, 0.717) is 13.1 Å². The lowest BCUT2D eigenvalue weighted by molar-refractivity contribution is -0.125. The molecule has 1 aliphatic rings. The van der Waals surface area contributed by atoms with Crippen LogP contribution in [0.1, 0.15) is 44.0 Å². The highest BCUT2D eigenvalue weighted by molar-refractivity contribution is 5.79. The van der Waals surface area contributed by atoms with Crippen LogP contribution in [0, 0.1) is 5.92 Å². The highest BCUT2D eigenvalue weighted by atomic mass is 16.1. The molecule has 1 amide bonds. The summed E-state index contributed by atoms with van der Waals surface area (Å²) in [6.45, 7) is 6.31. The second-order valence-electron chi connectivity index (χ2n) is 7.66. The minimum Gasteiger partial charge on any atom is -0.354 e. The molecule has 7 heteroatoms. The lowest BCUT2D eigenvalue weighted by Gasteiger charge is -2.32. The first-order chi connectivity index (χ1) is 13.6. The maximum atomic E-state index is 12.7. The van der Waals surface area contributed by atoms with E-state index in [1.54, 1.807) is 0 Å². The minimum absolute atomic E-state index is 0.0274. The molecule has 1 N–H and O–H groups in total. The number of nitrogens with one attached hydrogen (secondary N) is 1. The number of carbonyl (C=O) groups excluding carboxylic acids is 1. The maximum absolute atomic E-state index is 12.7. The van der Waals surface area contributed by atoms with E-state index in [0.717, 1.165) is 42.2 Å². The predicted molar refractivity (Wildman–Crippen MR) is 108 cm³/mol.